The summed E-state index contributed by atoms with van der Waals surface area (Å²) in [7, 11) is 1.35. The third-order valence-electron chi connectivity index (χ3n) is 9.41. The number of carbonyl (C=O) groups is 1. The van der Waals surface area contributed by atoms with E-state index in [4.69, 9.17) is 14.5 Å². The maximum atomic E-state index is 13.7. The van der Waals surface area contributed by atoms with E-state index in [-0.39, 0.29) is 22.1 Å². The molecule has 7 rings (SSSR count). The second-order valence-corrected chi connectivity index (χ2v) is 16.1. The van der Waals surface area contributed by atoms with Crippen molar-refractivity contribution < 1.29 is 22.7 Å². The zero-order valence-corrected chi connectivity index (χ0v) is 30.8. The van der Waals surface area contributed by atoms with Gasteiger partial charge in [-0.05, 0) is 97.3 Å². The Kier molecular flexibility index (Phi) is 9.82. The van der Waals surface area contributed by atoms with Crippen molar-refractivity contribution >= 4 is 38.2 Å². The van der Waals surface area contributed by atoms with Gasteiger partial charge in [-0.3, -0.25) is 9.69 Å². The van der Waals surface area contributed by atoms with E-state index >= 15 is 0 Å². The van der Waals surface area contributed by atoms with Gasteiger partial charge in [-0.15, -0.1) is 0 Å². The molecule has 1 saturated carbocycles. The highest BCUT2D eigenvalue weighted by atomic mass is 32.2. The van der Waals surface area contributed by atoms with Crippen molar-refractivity contribution in [1.29, 1.82) is 0 Å². The molecule has 1 fully saturated rings. The lowest BCUT2D eigenvalue weighted by Gasteiger charge is -2.25. The molecule has 0 spiro atoms. The predicted molar refractivity (Wildman–Crippen MR) is 200 cm³/mol. The lowest BCUT2D eigenvalue weighted by atomic mass is 10.0. The normalized spacial score (nSPS) is 15.3. The van der Waals surface area contributed by atoms with Crippen molar-refractivity contribution in [2.45, 2.75) is 55.9 Å². The molecule has 2 aliphatic rings. The Morgan fingerprint density at radius 3 is 2.10 bits per heavy atom. The Bertz CT molecular complexity index is 2100. The van der Waals surface area contributed by atoms with E-state index in [0.29, 0.717) is 36.8 Å². The van der Waals surface area contributed by atoms with Gasteiger partial charge in [-0.2, -0.15) is 0 Å². The fraction of sp³-hybridized carbons (Fsp3) is 0.308. The van der Waals surface area contributed by atoms with Gasteiger partial charge in [0.15, 0.2) is 9.34 Å². The van der Waals surface area contributed by atoms with Crippen LogP contribution in [0, 0.1) is 12.8 Å². The number of anilines is 2. The van der Waals surface area contributed by atoms with Crippen molar-refractivity contribution in [3.63, 3.8) is 0 Å². The average Bonchev–Trinajstić information content (AvgIpc) is 3.69. The van der Waals surface area contributed by atoms with Crippen LogP contribution in [0.3, 0.4) is 0 Å². The molecule has 2 aromatic heterocycles. The van der Waals surface area contributed by atoms with Gasteiger partial charge in [-0.1, -0.05) is 53.8 Å². The van der Waals surface area contributed by atoms with Crippen LogP contribution in [-0.4, -0.2) is 51.6 Å². The first-order chi connectivity index (χ1) is 24.6. The monoisotopic (exact) mass is 723 g/mol. The van der Waals surface area contributed by atoms with E-state index in [1.54, 1.807) is 28.2 Å². The van der Waals surface area contributed by atoms with Gasteiger partial charge < -0.3 is 14.4 Å². The van der Waals surface area contributed by atoms with Crippen LogP contribution in [0.25, 0.3) is 11.3 Å². The Balaban J connectivity index is 1.09. The second-order valence-electron chi connectivity index (χ2n) is 13.2. The molecule has 1 N–H and O–H groups in total. The molecule has 2 aliphatic carbocycles. The van der Waals surface area contributed by atoms with Gasteiger partial charge >= 0.3 is 0 Å². The van der Waals surface area contributed by atoms with Crippen LogP contribution in [0.5, 0.6) is 11.5 Å². The molecular weight excluding hydrogens is 683 g/mol. The fourth-order valence-electron chi connectivity index (χ4n) is 6.44. The zero-order valence-electron chi connectivity index (χ0n) is 29.1. The number of benzene rings is 3. The summed E-state index contributed by atoms with van der Waals surface area (Å²) in [5.41, 5.74) is 6.76. The van der Waals surface area contributed by atoms with Crippen LogP contribution in [-0.2, 0) is 40.7 Å². The lowest BCUT2D eigenvalue weighted by Crippen LogP contribution is -2.33. The van der Waals surface area contributed by atoms with E-state index in [1.165, 1.54) is 4.90 Å². The van der Waals surface area contributed by atoms with Gasteiger partial charge in [0, 0.05) is 37.7 Å². The minimum atomic E-state index is -3.66. The maximum Gasteiger partial charge on any atom is 0.252 e. The largest absolute Gasteiger partial charge is 0.497 e. The molecule has 12 heteroatoms. The van der Waals surface area contributed by atoms with Crippen LogP contribution < -0.4 is 24.0 Å². The van der Waals surface area contributed by atoms with Crippen molar-refractivity contribution in [3.8, 4) is 22.8 Å². The highest BCUT2D eigenvalue weighted by Crippen LogP contribution is 2.36. The Labute approximate surface area is 303 Å². The SMILES string of the molecule is COc1ccc(CN(Cc2ccc(OC)cc2)c2cccc(-c3ccc4c(c3)CC(C(=O)N(C)c3nc(C)c(S(=O)(=O)NC5CC5)s3)C4)n2)cc1. The number of nitrogens with zero attached hydrogens (tertiary/aromatic N) is 4. The molecule has 5 aromatic rings. The molecule has 10 nitrogen and oxygen atoms in total. The van der Waals surface area contributed by atoms with E-state index in [2.05, 4.69) is 57.1 Å². The molecule has 0 radical (unpaired) electrons. The number of carbonyl (C=O) groups excluding carboxylic acids is 1. The van der Waals surface area contributed by atoms with E-state index < -0.39 is 10.0 Å². The Morgan fingerprint density at radius 2 is 1.49 bits per heavy atom. The van der Waals surface area contributed by atoms with Gasteiger partial charge in [0.05, 0.1) is 25.6 Å². The van der Waals surface area contributed by atoms with Gasteiger partial charge in [0.2, 0.25) is 5.91 Å². The number of sulfonamides is 1. The maximum absolute atomic E-state index is 13.7. The highest BCUT2D eigenvalue weighted by Gasteiger charge is 2.34. The number of thiazole rings is 1. The van der Waals surface area contributed by atoms with E-state index in [9.17, 15) is 13.2 Å². The van der Waals surface area contributed by atoms with Crippen LogP contribution in [0.2, 0.25) is 0 Å². The van der Waals surface area contributed by atoms with Crippen molar-refractivity contribution in [1.82, 2.24) is 14.7 Å². The molecular formula is C39H41N5O5S2. The lowest BCUT2D eigenvalue weighted by molar-refractivity contribution is -0.121. The molecule has 0 aliphatic heterocycles. The first-order valence-corrected chi connectivity index (χ1v) is 19.3. The topological polar surface area (TPSA) is 114 Å². The molecule has 51 heavy (non-hydrogen) atoms. The number of rotatable bonds is 13. The Hall–Kier alpha value is -4.78. The predicted octanol–water partition coefficient (Wildman–Crippen LogP) is 6.56. The van der Waals surface area contributed by atoms with Crippen molar-refractivity contribution in [2.24, 2.45) is 5.92 Å². The number of pyridine rings is 1. The third kappa shape index (κ3) is 7.78. The number of hydrogen-bond acceptors (Lipinski definition) is 9. The smallest absolute Gasteiger partial charge is 0.252 e. The summed E-state index contributed by atoms with van der Waals surface area (Å²) in [6, 6.07) is 28.6. The number of ether oxygens (including phenoxy) is 2. The van der Waals surface area contributed by atoms with Crippen LogP contribution in [0.15, 0.2) is 89.1 Å². The zero-order chi connectivity index (χ0) is 35.7. The number of amides is 1. The first kappa shape index (κ1) is 34.7. The molecule has 3 aromatic carbocycles. The minimum Gasteiger partial charge on any atom is -0.497 e. The standard InChI is InChI=1S/C39H41N5O5S2/c1-25-38(51(46,47)42-32-14-15-32)50-39(40-25)43(2)37(45)31-20-28-12-13-29(21-30(28)22-31)35-6-5-7-36(41-35)44(23-26-8-16-33(48-3)17-9-26)24-27-10-18-34(49-4)19-11-27/h5-13,16-19,21,31-32,42H,14-15,20,22-24H2,1-4H3. The molecule has 1 unspecified atom stereocenters. The number of nitrogens with one attached hydrogen (secondary N) is 1. The number of aryl methyl sites for hydroxylation is 1. The first-order valence-electron chi connectivity index (χ1n) is 17.0. The summed E-state index contributed by atoms with van der Waals surface area (Å²) in [5, 5.41) is 0.389. The Morgan fingerprint density at radius 1 is 0.863 bits per heavy atom. The van der Waals surface area contributed by atoms with Crippen molar-refractivity contribution in [2.75, 3.05) is 31.1 Å². The van der Waals surface area contributed by atoms with Gasteiger partial charge in [0.1, 0.15) is 17.3 Å². The summed E-state index contributed by atoms with van der Waals surface area (Å²) in [5.74, 6) is 2.13. The van der Waals surface area contributed by atoms with Crippen LogP contribution >= 0.6 is 11.3 Å². The van der Waals surface area contributed by atoms with Gasteiger partial charge in [-0.25, -0.2) is 23.1 Å². The summed E-state index contributed by atoms with van der Waals surface area (Å²) < 4.78 is 39.4. The highest BCUT2D eigenvalue weighted by molar-refractivity contribution is 7.91. The number of aromatic nitrogens is 2. The summed E-state index contributed by atoms with van der Waals surface area (Å²) >= 11 is 1.04. The van der Waals surface area contributed by atoms with Crippen LogP contribution in [0.1, 0.15) is 40.8 Å². The average molecular weight is 724 g/mol. The minimum absolute atomic E-state index is 0.00322. The molecule has 2 heterocycles. The van der Waals surface area contributed by atoms with E-state index in [0.717, 1.165) is 75.0 Å². The molecule has 264 valence electrons. The molecule has 1 amide bonds. The number of hydrogen-bond donors (Lipinski definition) is 1. The fourth-order valence-corrected chi connectivity index (χ4v) is 9.23. The number of methoxy groups -OCH3 is 2. The van der Waals surface area contributed by atoms with Crippen molar-refractivity contribution in [3.05, 3.63) is 113 Å². The third-order valence-corrected chi connectivity index (χ3v) is 12.8. The molecule has 0 bridgehead atoms. The molecule has 0 saturated heterocycles. The van der Waals surface area contributed by atoms with Gasteiger partial charge in [0.25, 0.3) is 10.0 Å². The second kappa shape index (κ2) is 14.5. The number of fused-ring (bicyclic) bond motifs is 1. The summed E-state index contributed by atoms with van der Waals surface area (Å²) in [6.45, 7) is 2.97. The van der Waals surface area contributed by atoms with Crippen LogP contribution in [0.4, 0.5) is 10.9 Å². The molecule has 1 atom stereocenters. The summed E-state index contributed by atoms with van der Waals surface area (Å²) in [6.07, 6.45) is 2.90. The van der Waals surface area contributed by atoms with E-state index in [1.807, 2.05) is 42.5 Å². The quantitative estimate of drug-likeness (QED) is 0.146. The summed E-state index contributed by atoms with van der Waals surface area (Å²) in [4.78, 5) is 27.1.